The number of aliphatic hydroxyl groups is 1. The van der Waals surface area contributed by atoms with Crippen LogP contribution in [0.15, 0.2) is 24.3 Å². The van der Waals surface area contributed by atoms with Crippen LogP contribution in [0.2, 0.25) is 0 Å². The quantitative estimate of drug-likeness (QED) is 0.146. The maximum absolute atomic E-state index is 12.8. The highest BCUT2D eigenvalue weighted by Gasteiger charge is 2.31. The average molecular weight is 497 g/mol. The van der Waals surface area contributed by atoms with E-state index in [2.05, 4.69) is 16.0 Å². The van der Waals surface area contributed by atoms with Crippen LogP contribution in [-0.4, -0.2) is 80.9 Å². The van der Waals surface area contributed by atoms with Crippen LogP contribution in [0.1, 0.15) is 32.3 Å². The summed E-state index contributed by atoms with van der Waals surface area (Å²) in [5, 5.41) is 43.9. The van der Waals surface area contributed by atoms with Gasteiger partial charge in [0.2, 0.25) is 17.7 Å². The van der Waals surface area contributed by atoms with E-state index >= 15 is 0 Å². The van der Waals surface area contributed by atoms with Crippen LogP contribution in [-0.2, 0) is 30.4 Å². The Morgan fingerprint density at radius 1 is 0.886 bits per heavy atom. The van der Waals surface area contributed by atoms with Crippen LogP contribution in [0.25, 0.3) is 0 Å². The van der Waals surface area contributed by atoms with Gasteiger partial charge in [-0.2, -0.15) is 0 Å². The summed E-state index contributed by atoms with van der Waals surface area (Å²) in [6.45, 7) is 2.76. The van der Waals surface area contributed by atoms with Crippen molar-refractivity contribution in [3.63, 3.8) is 0 Å². The first kappa shape index (κ1) is 29.3. The first-order valence-corrected chi connectivity index (χ1v) is 10.9. The minimum atomic E-state index is -1.76. The summed E-state index contributed by atoms with van der Waals surface area (Å²) >= 11 is 0. The van der Waals surface area contributed by atoms with E-state index in [-0.39, 0.29) is 18.1 Å². The average Bonchev–Trinajstić information content (AvgIpc) is 2.81. The van der Waals surface area contributed by atoms with E-state index in [1.54, 1.807) is 6.92 Å². The van der Waals surface area contributed by atoms with Crippen molar-refractivity contribution in [2.45, 2.75) is 57.3 Å². The van der Waals surface area contributed by atoms with Gasteiger partial charge < -0.3 is 42.1 Å². The number of aliphatic carboxylic acids is 2. The molecule has 0 heterocycles. The number of amides is 3. The van der Waals surface area contributed by atoms with Gasteiger partial charge in [-0.05, 0) is 23.6 Å². The Morgan fingerprint density at radius 3 is 1.89 bits per heavy atom. The maximum atomic E-state index is 12.8. The molecular formula is C22H32N4O9. The second kappa shape index (κ2) is 13.9. The molecule has 0 spiro atoms. The molecule has 0 fully saturated rings. The van der Waals surface area contributed by atoms with Crippen molar-refractivity contribution in [2.24, 2.45) is 11.7 Å². The second-order valence-corrected chi connectivity index (χ2v) is 8.08. The first-order chi connectivity index (χ1) is 16.4. The number of benzene rings is 1. The van der Waals surface area contributed by atoms with Crippen molar-refractivity contribution < 1.29 is 44.4 Å². The van der Waals surface area contributed by atoms with Crippen LogP contribution in [0.5, 0.6) is 5.75 Å². The molecule has 0 radical (unpaired) electrons. The number of aromatic hydroxyl groups is 1. The van der Waals surface area contributed by atoms with Gasteiger partial charge in [-0.25, -0.2) is 4.79 Å². The summed E-state index contributed by atoms with van der Waals surface area (Å²) in [6, 6.07) is 0.0342. The number of rotatable bonds is 14. The summed E-state index contributed by atoms with van der Waals surface area (Å²) in [7, 11) is 0. The van der Waals surface area contributed by atoms with Gasteiger partial charge in [0.05, 0.1) is 19.1 Å². The lowest BCUT2D eigenvalue weighted by molar-refractivity contribution is -0.147. The van der Waals surface area contributed by atoms with Crippen molar-refractivity contribution >= 4 is 29.7 Å². The van der Waals surface area contributed by atoms with Gasteiger partial charge in [0.25, 0.3) is 0 Å². The number of nitrogens with one attached hydrogen (secondary N) is 3. The molecule has 9 N–H and O–H groups in total. The Hall–Kier alpha value is -3.71. The highest BCUT2D eigenvalue weighted by molar-refractivity contribution is 5.94. The molecule has 5 atom stereocenters. The second-order valence-electron chi connectivity index (χ2n) is 8.08. The standard InChI is InChI=1S/C22H32N4O9/c1-3-11(2)18(23)21(33)26-16(10-27)20(32)24-14(8-12-4-6-13(28)7-5-12)19(31)25-15(22(34)35)9-17(29)30/h4-7,11,14-16,18,27-28H,3,8-10,23H2,1-2H3,(H,24,32)(H,25,31)(H,26,33)(H,29,30)(H,34,35). The van der Waals surface area contributed by atoms with Crippen LogP contribution < -0.4 is 21.7 Å². The molecule has 1 aromatic carbocycles. The molecule has 0 saturated carbocycles. The number of carboxylic acids is 2. The molecule has 1 rings (SSSR count). The van der Waals surface area contributed by atoms with Crippen molar-refractivity contribution in [2.75, 3.05) is 6.61 Å². The summed E-state index contributed by atoms with van der Waals surface area (Å²) in [4.78, 5) is 60.2. The number of carbonyl (C=O) groups is 5. The van der Waals surface area contributed by atoms with E-state index in [1.807, 2.05) is 6.92 Å². The van der Waals surface area contributed by atoms with Crippen LogP contribution in [0.4, 0.5) is 0 Å². The van der Waals surface area contributed by atoms with Crippen molar-refractivity contribution in [1.29, 1.82) is 0 Å². The fourth-order valence-electron chi connectivity index (χ4n) is 2.97. The molecule has 0 bridgehead atoms. The Labute approximate surface area is 201 Å². The number of nitrogens with two attached hydrogens (primary N) is 1. The molecule has 3 amide bonds. The lowest BCUT2D eigenvalue weighted by atomic mass is 9.99. The largest absolute Gasteiger partial charge is 0.508 e. The number of carboxylic acid groups (broad SMARTS) is 2. The predicted molar refractivity (Wildman–Crippen MR) is 122 cm³/mol. The summed E-state index contributed by atoms with van der Waals surface area (Å²) in [6.07, 6.45) is -0.472. The molecule has 5 unspecified atom stereocenters. The third-order valence-electron chi connectivity index (χ3n) is 5.38. The highest BCUT2D eigenvalue weighted by atomic mass is 16.4. The summed E-state index contributed by atoms with van der Waals surface area (Å²) in [5.41, 5.74) is 6.32. The molecule has 0 aliphatic carbocycles. The monoisotopic (exact) mass is 496 g/mol. The van der Waals surface area contributed by atoms with E-state index in [0.29, 0.717) is 12.0 Å². The van der Waals surface area contributed by atoms with Gasteiger partial charge in [0.15, 0.2) is 0 Å². The Morgan fingerprint density at radius 2 is 1.40 bits per heavy atom. The smallest absolute Gasteiger partial charge is 0.326 e. The molecule has 1 aromatic rings. The number of carbonyl (C=O) groups excluding carboxylic acids is 3. The van der Waals surface area contributed by atoms with Crippen LogP contribution in [0.3, 0.4) is 0 Å². The lowest BCUT2D eigenvalue weighted by Gasteiger charge is -2.25. The molecular weight excluding hydrogens is 464 g/mol. The topological polar surface area (TPSA) is 228 Å². The predicted octanol–water partition coefficient (Wildman–Crippen LogP) is -1.69. The Balaban J connectivity index is 3.08. The van der Waals surface area contributed by atoms with Gasteiger partial charge in [0, 0.05) is 6.42 Å². The molecule has 35 heavy (non-hydrogen) atoms. The van der Waals surface area contributed by atoms with Crippen LogP contribution in [0, 0.1) is 5.92 Å². The number of phenolic OH excluding ortho intramolecular Hbond substituents is 1. The third kappa shape index (κ3) is 9.59. The number of aliphatic hydroxyl groups excluding tert-OH is 1. The fourth-order valence-corrected chi connectivity index (χ4v) is 2.97. The van der Waals surface area contributed by atoms with Gasteiger partial charge >= 0.3 is 11.9 Å². The van der Waals surface area contributed by atoms with Crippen molar-refractivity contribution in [3.05, 3.63) is 29.8 Å². The zero-order valence-corrected chi connectivity index (χ0v) is 19.4. The Kier molecular flexibility index (Phi) is 11.6. The number of phenols is 1. The minimum Gasteiger partial charge on any atom is -0.508 e. The van der Waals surface area contributed by atoms with Gasteiger partial charge in [-0.3, -0.25) is 19.2 Å². The molecule has 13 nitrogen and oxygen atoms in total. The first-order valence-electron chi connectivity index (χ1n) is 10.9. The van der Waals surface area contributed by atoms with Gasteiger partial charge in [-0.1, -0.05) is 32.4 Å². The highest BCUT2D eigenvalue weighted by Crippen LogP contribution is 2.12. The van der Waals surface area contributed by atoms with E-state index in [4.69, 9.17) is 10.8 Å². The van der Waals surface area contributed by atoms with Crippen LogP contribution >= 0.6 is 0 Å². The Bertz CT molecular complexity index is 907. The lowest BCUT2D eigenvalue weighted by Crippen LogP contribution is -2.59. The van der Waals surface area contributed by atoms with Crippen molar-refractivity contribution in [3.8, 4) is 5.75 Å². The summed E-state index contributed by atoms with van der Waals surface area (Å²) < 4.78 is 0. The normalized spacial score (nSPS) is 15.1. The molecule has 0 saturated heterocycles. The SMILES string of the molecule is CCC(C)C(N)C(=O)NC(CO)C(=O)NC(Cc1ccc(O)cc1)C(=O)NC(CC(=O)O)C(=O)O. The molecule has 0 aromatic heterocycles. The van der Waals surface area contributed by atoms with Gasteiger partial charge in [-0.15, -0.1) is 0 Å². The molecule has 194 valence electrons. The van der Waals surface area contributed by atoms with E-state index in [1.165, 1.54) is 24.3 Å². The minimum absolute atomic E-state index is 0.0492. The zero-order chi connectivity index (χ0) is 26.7. The molecule has 13 heteroatoms. The third-order valence-corrected chi connectivity index (χ3v) is 5.38. The number of hydrogen-bond acceptors (Lipinski definition) is 8. The molecule has 0 aliphatic rings. The fraction of sp³-hybridized carbons (Fsp3) is 0.500. The number of hydrogen-bond donors (Lipinski definition) is 8. The zero-order valence-electron chi connectivity index (χ0n) is 19.4. The molecule has 0 aliphatic heterocycles. The van der Waals surface area contributed by atoms with E-state index in [0.717, 1.165) is 0 Å². The van der Waals surface area contributed by atoms with E-state index in [9.17, 15) is 39.3 Å². The van der Waals surface area contributed by atoms with Crippen molar-refractivity contribution in [1.82, 2.24) is 16.0 Å². The van der Waals surface area contributed by atoms with E-state index < -0.39 is 66.9 Å². The van der Waals surface area contributed by atoms with Gasteiger partial charge in [0.1, 0.15) is 23.9 Å². The summed E-state index contributed by atoms with van der Waals surface area (Å²) in [5.74, 6) is -5.92. The maximum Gasteiger partial charge on any atom is 0.326 e.